The molecule has 0 fully saturated rings. The monoisotopic (exact) mass is 431 g/mol. The smallest absolute Gasteiger partial charge is 0.309 e. The summed E-state index contributed by atoms with van der Waals surface area (Å²) in [6.07, 6.45) is 0.259. The Kier molecular flexibility index (Phi) is 6.62. The molecule has 0 aliphatic heterocycles. The van der Waals surface area contributed by atoms with Crippen molar-refractivity contribution in [1.82, 2.24) is 4.98 Å². The molecule has 0 aliphatic carbocycles. The Balaban J connectivity index is 1.70. The Hall–Kier alpha value is -2.78. The second kappa shape index (κ2) is 9.57. The van der Waals surface area contributed by atoms with Crippen LogP contribution in [0.25, 0.3) is 33.3 Å². The molecule has 1 heterocycles. The van der Waals surface area contributed by atoms with E-state index in [1.807, 2.05) is 74.5 Å². The fraction of sp³-hybridized carbons (Fsp3) is 0.192. The zero-order valence-corrected chi connectivity index (χ0v) is 18.7. The van der Waals surface area contributed by atoms with Gasteiger partial charge in [-0.25, -0.2) is 4.98 Å². The third-order valence-corrected chi connectivity index (χ3v) is 7.13. The van der Waals surface area contributed by atoms with Crippen molar-refractivity contribution in [2.45, 2.75) is 20.0 Å². The van der Waals surface area contributed by atoms with E-state index in [9.17, 15) is 4.57 Å². The van der Waals surface area contributed by atoms with Gasteiger partial charge in [0.1, 0.15) is 0 Å². The fourth-order valence-electron chi connectivity index (χ4n) is 3.71. The lowest BCUT2D eigenvalue weighted by molar-refractivity contribution is 0.219. The van der Waals surface area contributed by atoms with Gasteiger partial charge in [0.25, 0.3) is 0 Å². The van der Waals surface area contributed by atoms with E-state index in [2.05, 4.69) is 24.3 Å². The molecule has 0 saturated heterocycles. The highest BCUT2D eigenvalue weighted by Gasteiger charge is 2.24. The summed E-state index contributed by atoms with van der Waals surface area (Å²) in [5, 5.41) is 1.13. The molecule has 0 bridgehead atoms. The summed E-state index contributed by atoms with van der Waals surface area (Å²) in [6.45, 7) is 4.37. The molecule has 0 atom stereocenters. The summed E-state index contributed by atoms with van der Waals surface area (Å²) >= 11 is 0. The molecule has 0 radical (unpaired) electrons. The summed E-state index contributed by atoms with van der Waals surface area (Å²) in [5.41, 5.74) is 6.10. The van der Waals surface area contributed by atoms with E-state index in [4.69, 9.17) is 14.0 Å². The SMILES string of the molecule is CCOP(=O)(Cc1ccc(-c2cc(-c3ccccc3)c3ccccc3n2)cc1)OCC. The van der Waals surface area contributed by atoms with Crippen molar-refractivity contribution in [2.75, 3.05) is 13.2 Å². The average Bonchev–Trinajstić information content (AvgIpc) is 2.79. The van der Waals surface area contributed by atoms with Gasteiger partial charge in [-0.05, 0) is 42.7 Å². The highest BCUT2D eigenvalue weighted by molar-refractivity contribution is 7.53. The van der Waals surface area contributed by atoms with Crippen molar-refractivity contribution >= 4 is 18.5 Å². The van der Waals surface area contributed by atoms with Crippen molar-refractivity contribution in [3.63, 3.8) is 0 Å². The lowest BCUT2D eigenvalue weighted by Crippen LogP contribution is -1.99. The Morgan fingerprint density at radius 3 is 2.10 bits per heavy atom. The molecule has 0 amide bonds. The highest BCUT2D eigenvalue weighted by atomic mass is 31.2. The topological polar surface area (TPSA) is 48.4 Å². The first-order valence-corrected chi connectivity index (χ1v) is 12.3. The van der Waals surface area contributed by atoms with Gasteiger partial charge in [0.2, 0.25) is 0 Å². The molecule has 0 spiro atoms. The molecule has 4 rings (SSSR count). The van der Waals surface area contributed by atoms with E-state index < -0.39 is 7.60 Å². The van der Waals surface area contributed by atoms with Gasteiger partial charge >= 0.3 is 7.60 Å². The van der Waals surface area contributed by atoms with Crippen molar-refractivity contribution < 1.29 is 13.6 Å². The van der Waals surface area contributed by atoms with Gasteiger partial charge in [0.05, 0.1) is 30.6 Å². The standard InChI is InChI=1S/C26H26NO3P/c1-3-29-31(28,30-4-2)19-20-14-16-22(17-15-20)26-18-24(21-10-6-5-7-11-21)23-12-8-9-13-25(23)27-26/h5-18H,3-4,19H2,1-2H3. The number of aromatic nitrogens is 1. The van der Waals surface area contributed by atoms with Crippen molar-refractivity contribution in [3.05, 3.63) is 90.5 Å². The van der Waals surface area contributed by atoms with Crippen molar-refractivity contribution in [1.29, 1.82) is 0 Å². The number of hydrogen-bond donors (Lipinski definition) is 0. The molecule has 4 aromatic rings. The minimum absolute atomic E-state index is 0.259. The molecule has 0 unspecified atom stereocenters. The van der Waals surface area contributed by atoms with Crippen molar-refractivity contribution in [2.24, 2.45) is 0 Å². The Bertz CT molecular complexity index is 1200. The maximum Gasteiger partial charge on any atom is 0.335 e. The largest absolute Gasteiger partial charge is 0.335 e. The number of fused-ring (bicyclic) bond motifs is 1. The van der Waals surface area contributed by atoms with Crippen LogP contribution in [-0.4, -0.2) is 18.2 Å². The number of benzene rings is 3. The molecule has 1 aromatic heterocycles. The molecule has 158 valence electrons. The number of hydrogen-bond acceptors (Lipinski definition) is 4. The molecular weight excluding hydrogens is 405 g/mol. The third kappa shape index (κ3) is 4.94. The lowest BCUT2D eigenvalue weighted by atomic mass is 9.98. The molecular formula is C26H26NO3P. The van der Waals surface area contributed by atoms with Crippen LogP contribution in [0.15, 0.2) is 84.9 Å². The van der Waals surface area contributed by atoms with E-state index in [1.165, 1.54) is 0 Å². The van der Waals surface area contributed by atoms with E-state index >= 15 is 0 Å². The van der Waals surface area contributed by atoms with Gasteiger partial charge in [-0.15, -0.1) is 0 Å². The molecule has 5 heteroatoms. The number of pyridine rings is 1. The van der Waals surface area contributed by atoms with Crippen LogP contribution in [0.2, 0.25) is 0 Å². The van der Waals surface area contributed by atoms with Crippen molar-refractivity contribution in [3.8, 4) is 22.4 Å². The molecule has 0 N–H and O–H groups in total. The van der Waals surface area contributed by atoms with Crippen LogP contribution in [-0.2, 0) is 19.8 Å². The Labute approximate surface area is 183 Å². The van der Waals surface area contributed by atoms with Gasteiger partial charge in [0, 0.05) is 10.9 Å². The van der Waals surface area contributed by atoms with Gasteiger partial charge in [-0.3, -0.25) is 4.57 Å². The maximum absolute atomic E-state index is 12.8. The first-order valence-electron chi connectivity index (χ1n) is 10.5. The minimum atomic E-state index is -3.12. The summed E-state index contributed by atoms with van der Waals surface area (Å²) in [5.74, 6) is 0. The zero-order valence-electron chi connectivity index (χ0n) is 17.8. The van der Waals surface area contributed by atoms with Gasteiger partial charge < -0.3 is 9.05 Å². The van der Waals surface area contributed by atoms with Crippen LogP contribution in [0.4, 0.5) is 0 Å². The molecule has 31 heavy (non-hydrogen) atoms. The van der Waals surface area contributed by atoms with Crippen LogP contribution >= 0.6 is 7.60 Å². The first kappa shape index (κ1) is 21.5. The Morgan fingerprint density at radius 1 is 0.774 bits per heavy atom. The molecule has 3 aromatic carbocycles. The van der Waals surface area contributed by atoms with Gasteiger partial charge in [-0.1, -0.05) is 72.8 Å². The predicted octanol–water partition coefficient (Wildman–Crippen LogP) is 7.33. The van der Waals surface area contributed by atoms with E-state index in [0.29, 0.717) is 13.2 Å². The number of rotatable bonds is 8. The number of nitrogens with zero attached hydrogens (tertiary/aromatic N) is 1. The molecule has 0 aliphatic rings. The summed E-state index contributed by atoms with van der Waals surface area (Å²) < 4.78 is 23.7. The highest BCUT2D eigenvalue weighted by Crippen LogP contribution is 2.51. The number of para-hydroxylation sites is 1. The van der Waals surface area contributed by atoms with Crippen LogP contribution in [0.3, 0.4) is 0 Å². The second-order valence-corrected chi connectivity index (χ2v) is 9.29. The third-order valence-electron chi connectivity index (χ3n) is 5.08. The predicted molar refractivity (Wildman–Crippen MR) is 127 cm³/mol. The van der Waals surface area contributed by atoms with Crippen LogP contribution in [0, 0.1) is 0 Å². The summed E-state index contributed by atoms with van der Waals surface area (Å²) in [4.78, 5) is 4.89. The second-order valence-electron chi connectivity index (χ2n) is 7.24. The van der Waals surface area contributed by atoms with Gasteiger partial charge in [-0.2, -0.15) is 0 Å². The van der Waals surface area contributed by atoms with E-state index in [-0.39, 0.29) is 6.16 Å². The maximum atomic E-state index is 12.8. The minimum Gasteiger partial charge on any atom is -0.309 e. The lowest BCUT2D eigenvalue weighted by Gasteiger charge is -2.17. The fourth-order valence-corrected chi connectivity index (χ4v) is 5.41. The average molecular weight is 431 g/mol. The quantitative estimate of drug-likeness (QED) is 0.274. The van der Waals surface area contributed by atoms with E-state index in [1.54, 1.807) is 0 Å². The van der Waals surface area contributed by atoms with E-state index in [0.717, 1.165) is 38.9 Å². The summed E-state index contributed by atoms with van der Waals surface area (Å²) in [7, 11) is -3.12. The molecule has 4 nitrogen and oxygen atoms in total. The Morgan fingerprint density at radius 2 is 1.42 bits per heavy atom. The molecule has 0 saturated carbocycles. The van der Waals surface area contributed by atoms with Crippen LogP contribution < -0.4 is 0 Å². The first-order chi connectivity index (χ1) is 15.1. The van der Waals surface area contributed by atoms with Crippen LogP contribution in [0.1, 0.15) is 19.4 Å². The zero-order chi connectivity index (χ0) is 21.7. The normalized spacial score (nSPS) is 11.7. The van der Waals surface area contributed by atoms with Gasteiger partial charge in [0.15, 0.2) is 0 Å². The van der Waals surface area contributed by atoms with Crippen LogP contribution in [0.5, 0.6) is 0 Å². The summed E-state index contributed by atoms with van der Waals surface area (Å²) in [6, 6.07) is 28.7.